The number of benzene rings is 3. The molecule has 1 nitrogen and oxygen atoms in total. The second kappa shape index (κ2) is 5.86. The van der Waals surface area contributed by atoms with Crippen molar-refractivity contribution in [2.24, 2.45) is 0 Å². The molecule has 0 atom stereocenters. The van der Waals surface area contributed by atoms with Crippen molar-refractivity contribution in [1.82, 2.24) is 0 Å². The Hall–Kier alpha value is -1.87. The Morgan fingerprint density at radius 2 is 1.76 bits per heavy atom. The number of aryl methyl sites for hydroxylation is 1. The highest BCUT2D eigenvalue weighted by atomic mass is 79.9. The molecule has 0 heterocycles. The maximum absolute atomic E-state index is 13.1. The summed E-state index contributed by atoms with van der Waals surface area (Å²) >= 11 is 3.58. The molecular weight excluding hydrogens is 329 g/mol. The van der Waals surface area contributed by atoms with Gasteiger partial charge in [-0.15, -0.1) is 0 Å². The lowest BCUT2D eigenvalue weighted by molar-refractivity contribution is 0.625. The van der Waals surface area contributed by atoms with Gasteiger partial charge in [0.05, 0.1) is 0 Å². The van der Waals surface area contributed by atoms with Gasteiger partial charge < -0.3 is 5.32 Å². The fourth-order valence-corrected chi connectivity index (χ4v) is 2.94. The Morgan fingerprint density at radius 3 is 2.52 bits per heavy atom. The van der Waals surface area contributed by atoms with E-state index in [1.165, 1.54) is 16.8 Å². The van der Waals surface area contributed by atoms with E-state index in [9.17, 15) is 4.39 Å². The molecule has 3 heteroatoms. The zero-order valence-corrected chi connectivity index (χ0v) is 13.2. The number of hydrogen-bond donors (Lipinski definition) is 1. The van der Waals surface area contributed by atoms with Gasteiger partial charge in [0.15, 0.2) is 0 Å². The lowest BCUT2D eigenvalue weighted by atomic mass is 10.1. The Bertz CT molecular complexity index is 798. The third kappa shape index (κ3) is 2.93. The van der Waals surface area contributed by atoms with Crippen LogP contribution in [0.4, 0.5) is 10.1 Å². The van der Waals surface area contributed by atoms with Crippen LogP contribution in [-0.2, 0) is 6.54 Å². The van der Waals surface area contributed by atoms with Gasteiger partial charge in [0, 0.05) is 22.1 Å². The van der Waals surface area contributed by atoms with E-state index in [1.54, 1.807) is 6.07 Å². The first-order chi connectivity index (χ1) is 10.1. The van der Waals surface area contributed by atoms with Gasteiger partial charge >= 0.3 is 0 Å². The van der Waals surface area contributed by atoms with Gasteiger partial charge in [-0.25, -0.2) is 4.39 Å². The second-order valence-corrected chi connectivity index (χ2v) is 5.92. The molecule has 0 aliphatic heterocycles. The standard InChI is InChI=1S/C18H15BrFN/c1-12-10-14(20)7-6-13(12)11-21-18-9-8-17(19)15-4-2-3-5-16(15)18/h2-10,21H,11H2,1H3. The molecule has 0 amide bonds. The minimum absolute atomic E-state index is 0.189. The van der Waals surface area contributed by atoms with Gasteiger partial charge in [-0.2, -0.15) is 0 Å². The fourth-order valence-electron chi connectivity index (χ4n) is 2.46. The van der Waals surface area contributed by atoms with Crippen molar-refractivity contribution in [3.8, 4) is 0 Å². The molecule has 3 aromatic carbocycles. The summed E-state index contributed by atoms with van der Waals surface area (Å²) in [6.45, 7) is 2.61. The lowest BCUT2D eigenvalue weighted by Gasteiger charge is -2.12. The fraction of sp³-hybridized carbons (Fsp3) is 0.111. The van der Waals surface area contributed by atoms with Gasteiger partial charge in [0.2, 0.25) is 0 Å². The first kappa shape index (κ1) is 14.1. The minimum atomic E-state index is -0.189. The Kier molecular flexibility index (Phi) is 3.93. The van der Waals surface area contributed by atoms with Crippen molar-refractivity contribution in [1.29, 1.82) is 0 Å². The van der Waals surface area contributed by atoms with E-state index in [4.69, 9.17) is 0 Å². The number of hydrogen-bond acceptors (Lipinski definition) is 1. The van der Waals surface area contributed by atoms with Crippen molar-refractivity contribution in [3.05, 3.63) is 76.0 Å². The summed E-state index contributed by atoms with van der Waals surface area (Å²) in [6.07, 6.45) is 0. The average Bonchev–Trinajstić information content (AvgIpc) is 2.48. The third-order valence-corrected chi connectivity index (χ3v) is 4.34. The number of halogens is 2. The first-order valence-corrected chi connectivity index (χ1v) is 7.60. The molecule has 0 aromatic heterocycles. The van der Waals surface area contributed by atoms with Crippen LogP contribution >= 0.6 is 15.9 Å². The predicted molar refractivity (Wildman–Crippen MR) is 90.1 cm³/mol. The van der Waals surface area contributed by atoms with Crippen LogP contribution in [0.3, 0.4) is 0 Å². The van der Waals surface area contributed by atoms with Crippen molar-refractivity contribution >= 4 is 32.4 Å². The number of rotatable bonds is 3. The summed E-state index contributed by atoms with van der Waals surface area (Å²) in [4.78, 5) is 0. The highest BCUT2D eigenvalue weighted by Crippen LogP contribution is 2.30. The van der Waals surface area contributed by atoms with E-state index in [-0.39, 0.29) is 5.82 Å². The van der Waals surface area contributed by atoms with E-state index >= 15 is 0 Å². The zero-order chi connectivity index (χ0) is 14.8. The topological polar surface area (TPSA) is 12.0 Å². The molecule has 0 spiro atoms. The zero-order valence-electron chi connectivity index (χ0n) is 11.7. The normalized spacial score (nSPS) is 10.8. The van der Waals surface area contributed by atoms with Crippen molar-refractivity contribution in [3.63, 3.8) is 0 Å². The van der Waals surface area contributed by atoms with Gasteiger partial charge in [-0.1, -0.05) is 46.3 Å². The number of nitrogens with one attached hydrogen (secondary N) is 1. The van der Waals surface area contributed by atoms with Gasteiger partial charge in [0.1, 0.15) is 5.82 Å². The van der Waals surface area contributed by atoms with Crippen LogP contribution < -0.4 is 5.32 Å². The second-order valence-electron chi connectivity index (χ2n) is 5.06. The summed E-state index contributed by atoms with van der Waals surface area (Å²) < 4.78 is 14.2. The third-order valence-electron chi connectivity index (χ3n) is 3.64. The molecule has 0 fully saturated rings. The molecule has 21 heavy (non-hydrogen) atoms. The molecule has 0 bridgehead atoms. The van der Waals surface area contributed by atoms with Gasteiger partial charge in [-0.05, 0) is 47.7 Å². The van der Waals surface area contributed by atoms with Crippen LogP contribution in [0.5, 0.6) is 0 Å². The number of fused-ring (bicyclic) bond motifs is 1. The van der Waals surface area contributed by atoms with E-state index in [0.29, 0.717) is 6.54 Å². The molecule has 106 valence electrons. The quantitative estimate of drug-likeness (QED) is 0.646. The van der Waals surface area contributed by atoms with Crippen molar-refractivity contribution < 1.29 is 4.39 Å². The maximum atomic E-state index is 13.1. The van der Waals surface area contributed by atoms with Crippen LogP contribution in [0.1, 0.15) is 11.1 Å². The maximum Gasteiger partial charge on any atom is 0.123 e. The van der Waals surface area contributed by atoms with E-state index in [2.05, 4.69) is 39.4 Å². The summed E-state index contributed by atoms with van der Waals surface area (Å²) in [7, 11) is 0. The molecule has 0 saturated heterocycles. The van der Waals surface area contributed by atoms with Crippen LogP contribution in [0.15, 0.2) is 59.1 Å². The Labute approximate surface area is 131 Å². The van der Waals surface area contributed by atoms with E-state index < -0.39 is 0 Å². The van der Waals surface area contributed by atoms with E-state index in [1.807, 2.05) is 31.2 Å². The predicted octanol–water partition coefficient (Wildman–Crippen LogP) is 5.66. The van der Waals surface area contributed by atoms with E-state index in [0.717, 1.165) is 21.3 Å². The summed E-state index contributed by atoms with van der Waals surface area (Å²) in [5.74, 6) is -0.189. The highest BCUT2D eigenvalue weighted by molar-refractivity contribution is 9.10. The molecule has 0 aliphatic rings. The Morgan fingerprint density at radius 1 is 1.00 bits per heavy atom. The Balaban J connectivity index is 1.90. The molecule has 1 N–H and O–H groups in total. The molecule has 3 aromatic rings. The highest BCUT2D eigenvalue weighted by Gasteiger charge is 2.05. The first-order valence-electron chi connectivity index (χ1n) is 6.81. The number of anilines is 1. The molecule has 3 rings (SSSR count). The largest absolute Gasteiger partial charge is 0.380 e. The van der Waals surface area contributed by atoms with Crippen LogP contribution in [0.2, 0.25) is 0 Å². The molecular formula is C18H15BrFN. The summed E-state index contributed by atoms with van der Waals surface area (Å²) in [5.41, 5.74) is 3.14. The molecule has 0 radical (unpaired) electrons. The molecule has 0 saturated carbocycles. The molecule has 0 unspecified atom stereocenters. The van der Waals surface area contributed by atoms with Crippen LogP contribution in [0, 0.1) is 12.7 Å². The average molecular weight is 344 g/mol. The SMILES string of the molecule is Cc1cc(F)ccc1CNc1ccc(Br)c2ccccc12. The summed E-state index contributed by atoms with van der Waals surface area (Å²) in [5, 5.41) is 5.80. The minimum Gasteiger partial charge on any atom is -0.380 e. The van der Waals surface area contributed by atoms with Crippen molar-refractivity contribution in [2.45, 2.75) is 13.5 Å². The molecule has 0 aliphatic carbocycles. The lowest BCUT2D eigenvalue weighted by Crippen LogP contribution is -2.02. The van der Waals surface area contributed by atoms with Crippen LogP contribution in [0.25, 0.3) is 10.8 Å². The van der Waals surface area contributed by atoms with Gasteiger partial charge in [0.25, 0.3) is 0 Å². The summed E-state index contributed by atoms with van der Waals surface area (Å²) in [6, 6.07) is 17.3. The smallest absolute Gasteiger partial charge is 0.123 e. The van der Waals surface area contributed by atoms with Crippen molar-refractivity contribution in [2.75, 3.05) is 5.32 Å². The van der Waals surface area contributed by atoms with Crippen LogP contribution in [-0.4, -0.2) is 0 Å². The monoisotopic (exact) mass is 343 g/mol. The van der Waals surface area contributed by atoms with Gasteiger partial charge in [-0.3, -0.25) is 0 Å².